The molecule has 7 heteroatoms. The maximum atomic E-state index is 12.9. The van der Waals surface area contributed by atoms with E-state index in [0.717, 1.165) is 17.1 Å². The molecule has 1 aliphatic heterocycles. The number of amides is 2. The van der Waals surface area contributed by atoms with Crippen molar-refractivity contribution in [3.63, 3.8) is 0 Å². The highest BCUT2D eigenvalue weighted by Crippen LogP contribution is 2.36. The molecule has 0 aliphatic carbocycles. The lowest BCUT2D eigenvalue weighted by atomic mass is 10.1. The van der Waals surface area contributed by atoms with Gasteiger partial charge >= 0.3 is 0 Å². The third-order valence-electron chi connectivity index (χ3n) is 5.59. The van der Waals surface area contributed by atoms with Crippen molar-refractivity contribution in [3.8, 4) is 17.2 Å². The molecule has 0 fully saturated rings. The molecule has 7 nitrogen and oxygen atoms in total. The quantitative estimate of drug-likeness (QED) is 0.425. The zero-order valence-electron chi connectivity index (χ0n) is 20.0. The Kier molecular flexibility index (Phi) is 7.88. The lowest BCUT2D eigenvalue weighted by Crippen LogP contribution is -2.45. The summed E-state index contributed by atoms with van der Waals surface area (Å²) in [5.41, 5.74) is 2.14. The molecule has 1 aliphatic rings. The standard InChI is InChI=1S/C28H30N2O5/c1-3-33-24-13-10-21(11-14-24)18-27(31)29-22-12-15-26-25(19-22)30(28(32)20(2)35-26)16-7-17-34-23-8-5-4-6-9-23/h4-6,8-15,19-20H,3,7,16-18H2,1-2H3,(H,29,31). The van der Waals surface area contributed by atoms with Crippen molar-refractivity contribution in [2.24, 2.45) is 0 Å². The third kappa shape index (κ3) is 6.32. The molecular formula is C28H30N2O5. The molecule has 0 aromatic heterocycles. The number of nitrogens with one attached hydrogen (secondary N) is 1. The van der Waals surface area contributed by atoms with E-state index in [-0.39, 0.29) is 18.2 Å². The number of nitrogens with zero attached hydrogens (tertiary/aromatic N) is 1. The highest BCUT2D eigenvalue weighted by Gasteiger charge is 2.31. The van der Waals surface area contributed by atoms with Crippen LogP contribution in [0.15, 0.2) is 72.8 Å². The van der Waals surface area contributed by atoms with Crippen molar-refractivity contribution < 1.29 is 23.8 Å². The van der Waals surface area contributed by atoms with Crippen LogP contribution in [0, 0.1) is 0 Å². The van der Waals surface area contributed by atoms with Gasteiger partial charge in [-0.05, 0) is 68.3 Å². The van der Waals surface area contributed by atoms with Gasteiger partial charge in [0, 0.05) is 12.2 Å². The average Bonchev–Trinajstić information content (AvgIpc) is 2.86. The van der Waals surface area contributed by atoms with Crippen LogP contribution in [0.1, 0.15) is 25.8 Å². The fourth-order valence-corrected chi connectivity index (χ4v) is 3.91. The van der Waals surface area contributed by atoms with E-state index < -0.39 is 6.10 Å². The number of rotatable bonds is 10. The minimum absolute atomic E-state index is 0.116. The van der Waals surface area contributed by atoms with Crippen LogP contribution < -0.4 is 24.4 Å². The molecule has 1 unspecified atom stereocenters. The summed E-state index contributed by atoms with van der Waals surface area (Å²) in [5, 5.41) is 2.93. The summed E-state index contributed by atoms with van der Waals surface area (Å²) in [6.45, 7) is 5.23. The van der Waals surface area contributed by atoms with Crippen LogP contribution >= 0.6 is 0 Å². The first-order chi connectivity index (χ1) is 17.0. The fraction of sp³-hybridized carbons (Fsp3) is 0.286. The average molecular weight is 475 g/mol. The molecule has 4 rings (SSSR count). The molecule has 2 amide bonds. The van der Waals surface area contributed by atoms with E-state index in [1.165, 1.54) is 0 Å². The maximum Gasteiger partial charge on any atom is 0.267 e. The Hall–Kier alpha value is -4.00. The van der Waals surface area contributed by atoms with Gasteiger partial charge in [-0.15, -0.1) is 0 Å². The lowest BCUT2D eigenvalue weighted by Gasteiger charge is -2.33. The maximum absolute atomic E-state index is 12.9. The van der Waals surface area contributed by atoms with E-state index in [2.05, 4.69) is 5.32 Å². The number of benzene rings is 3. The van der Waals surface area contributed by atoms with Crippen LogP contribution in [0.3, 0.4) is 0 Å². The van der Waals surface area contributed by atoms with Gasteiger partial charge in [-0.3, -0.25) is 9.59 Å². The number of fused-ring (bicyclic) bond motifs is 1. The fourth-order valence-electron chi connectivity index (χ4n) is 3.91. The van der Waals surface area contributed by atoms with E-state index in [4.69, 9.17) is 14.2 Å². The predicted molar refractivity (Wildman–Crippen MR) is 135 cm³/mol. The monoisotopic (exact) mass is 474 g/mol. The van der Waals surface area contributed by atoms with Crippen LogP contribution in [-0.2, 0) is 16.0 Å². The van der Waals surface area contributed by atoms with Crippen molar-refractivity contribution in [2.75, 3.05) is 30.0 Å². The third-order valence-corrected chi connectivity index (χ3v) is 5.59. The molecule has 0 bridgehead atoms. The normalized spacial score (nSPS) is 14.6. The van der Waals surface area contributed by atoms with Crippen molar-refractivity contribution in [1.29, 1.82) is 0 Å². The number of hydrogen-bond acceptors (Lipinski definition) is 5. The van der Waals surface area contributed by atoms with Gasteiger partial charge in [-0.25, -0.2) is 0 Å². The zero-order valence-corrected chi connectivity index (χ0v) is 20.0. The highest BCUT2D eigenvalue weighted by atomic mass is 16.5. The first-order valence-corrected chi connectivity index (χ1v) is 11.8. The zero-order chi connectivity index (χ0) is 24.6. The molecular weight excluding hydrogens is 444 g/mol. The first kappa shape index (κ1) is 24.1. The SMILES string of the molecule is CCOc1ccc(CC(=O)Nc2ccc3c(c2)N(CCCOc2ccccc2)C(=O)C(C)O3)cc1. The second-order valence-electron chi connectivity index (χ2n) is 8.25. The molecule has 182 valence electrons. The summed E-state index contributed by atoms with van der Waals surface area (Å²) in [7, 11) is 0. The number of para-hydroxylation sites is 1. The second-order valence-corrected chi connectivity index (χ2v) is 8.25. The molecule has 1 N–H and O–H groups in total. The lowest BCUT2D eigenvalue weighted by molar-refractivity contribution is -0.125. The van der Waals surface area contributed by atoms with Gasteiger partial charge < -0.3 is 24.4 Å². The van der Waals surface area contributed by atoms with Gasteiger partial charge in [-0.1, -0.05) is 30.3 Å². The van der Waals surface area contributed by atoms with Crippen LogP contribution in [0.2, 0.25) is 0 Å². The Labute approximate surface area is 205 Å². The summed E-state index contributed by atoms with van der Waals surface area (Å²) in [4.78, 5) is 27.2. The topological polar surface area (TPSA) is 77.1 Å². The predicted octanol–water partition coefficient (Wildman–Crippen LogP) is 4.85. The van der Waals surface area contributed by atoms with Crippen LogP contribution in [0.4, 0.5) is 11.4 Å². The summed E-state index contributed by atoms with van der Waals surface area (Å²) < 4.78 is 17.0. The number of anilines is 2. The molecule has 0 saturated carbocycles. The second kappa shape index (κ2) is 11.4. The first-order valence-electron chi connectivity index (χ1n) is 11.8. The van der Waals surface area contributed by atoms with Gasteiger partial charge in [0.15, 0.2) is 6.10 Å². The molecule has 3 aromatic rings. The Morgan fingerprint density at radius 2 is 1.74 bits per heavy atom. The van der Waals surface area contributed by atoms with E-state index in [1.54, 1.807) is 30.0 Å². The van der Waals surface area contributed by atoms with Crippen molar-refractivity contribution >= 4 is 23.2 Å². The van der Waals surface area contributed by atoms with Crippen molar-refractivity contribution in [3.05, 3.63) is 78.4 Å². The van der Waals surface area contributed by atoms with Gasteiger partial charge in [0.25, 0.3) is 5.91 Å². The summed E-state index contributed by atoms with van der Waals surface area (Å²) in [5.74, 6) is 1.93. The van der Waals surface area contributed by atoms with Gasteiger partial charge in [0.2, 0.25) is 5.91 Å². The summed E-state index contributed by atoms with van der Waals surface area (Å²) in [6, 6.07) is 22.4. The largest absolute Gasteiger partial charge is 0.494 e. The smallest absolute Gasteiger partial charge is 0.267 e. The summed E-state index contributed by atoms with van der Waals surface area (Å²) >= 11 is 0. The van der Waals surface area contributed by atoms with Gasteiger partial charge in [0.1, 0.15) is 17.2 Å². The molecule has 0 saturated heterocycles. The Morgan fingerprint density at radius 1 is 1.00 bits per heavy atom. The van der Waals surface area contributed by atoms with E-state index in [1.807, 2.05) is 61.5 Å². The Morgan fingerprint density at radius 3 is 2.49 bits per heavy atom. The number of hydrogen-bond donors (Lipinski definition) is 1. The Balaban J connectivity index is 1.39. The molecule has 35 heavy (non-hydrogen) atoms. The van der Waals surface area contributed by atoms with E-state index >= 15 is 0 Å². The molecule has 1 heterocycles. The van der Waals surface area contributed by atoms with Crippen molar-refractivity contribution in [1.82, 2.24) is 0 Å². The summed E-state index contributed by atoms with van der Waals surface area (Å²) in [6.07, 6.45) is 0.315. The highest BCUT2D eigenvalue weighted by molar-refractivity contribution is 6.01. The number of ether oxygens (including phenoxy) is 3. The number of carbonyl (C=O) groups is 2. The van der Waals surface area contributed by atoms with Gasteiger partial charge in [-0.2, -0.15) is 0 Å². The van der Waals surface area contributed by atoms with Crippen molar-refractivity contribution in [2.45, 2.75) is 32.8 Å². The Bertz CT molecular complexity index is 1150. The molecule has 0 spiro atoms. The van der Waals surface area contributed by atoms with Crippen LogP contribution in [-0.4, -0.2) is 37.7 Å². The number of carbonyl (C=O) groups excluding carboxylic acids is 2. The van der Waals surface area contributed by atoms with E-state index in [0.29, 0.717) is 43.3 Å². The minimum Gasteiger partial charge on any atom is -0.494 e. The van der Waals surface area contributed by atoms with Crippen LogP contribution in [0.25, 0.3) is 0 Å². The van der Waals surface area contributed by atoms with Crippen LogP contribution in [0.5, 0.6) is 17.2 Å². The molecule has 1 atom stereocenters. The molecule has 0 radical (unpaired) electrons. The minimum atomic E-state index is -0.572. The van der Waals surface area contributed by atoms with Gasteiger partial charge in [0.05, 0.1) is 25.3 Å². The molecule has 3 aromatic carbocycles. The van der Waals surface area contributed by atoms with E-state index in [9.17, 15) is 9.59 Å².